The Bertz CT molecular complexity index is 564. The topological polar surface area (TPSA) is 83.8 Å². The Kier molecular flexibility index (Phi) is 10.3. The van der Waals surface area contributed by atoms with E-state index >= 15 is 0 Å². The smallest absolute Gasteiger partial charge is 0.305 e. The second kappa shape index (κ2) is 12.0. The lowest BCUT2D eigenvalue weighted by Crippen LogP contribution is -2.23. The fraction of sp³-hybridized carbons (Fsp3) is 0.579. The van der Waals surface area contributed by atoms with Gasteiger partial charge in [0, 0.05) is 12.8 Å². The standard InChI is InChI=1S/C19H28O5S/c1-3-4-5-7-17(22)19-14(12-13-25-19)10-11-16(21)15(20)8-6-9-18(23)24-2/h10-13,15-16,20-21H,3-9H2,1-2H3/b11-10+. The summed E-state index contributed by atoms with van der Waals surface area (Å²) in [5.41, 5.74) is 0.771. The first kappa shape index (κ1) is 21.5. The number of ether oxygens (including phenoxy) is 1. The van der Waals surface area contributed by atoms with Crippen LogP contribution in [0, 0.1) is 0 Å². The van der Waals surface area contributed by atoms with Gasteiger partial charge in [-0.2, -0.15) is 0 Å². The number of carbonyl (C=O) groups excluding carboxylic acids is 2. The van der Waals surface area contributed by atoms with Gasteiger partial charge < -0.3 is 14.9 Å². The van der Waals surface area contributed by atoms with Gasteiger partial charge in [-0.25, -0.2) is 0 Å². The number of Topliss-reactive ketones (excluding diaryl/α,β-unsaturated/α-hetero) is 1. The molecule has 0 fully saturated rings. The molecular weight excluding hydrogens is 340 g/mol. The van der Waals surface area contributed by atoms with Gasteiger partial charge >= 0.3 is 5.97 Å². The summed E-state index contributed by atoms with van der Waals surface area (Å²) >= 11 is 1.40. The summed E-state index contributed by atoms with van der Waals surface area (Å²) < 4.78 is 4.53. The molecule has 1 aromatic rings. The van der Waals surface area contributed by atoms with Crippen molar-refractivity contribution in [1.29, 1.82) is 0 Å². The van der Waals surface area contributed by atoms with E-state index in [1.54, 1.807) is 6.08 Å². The van der Waals surface area contributed by atoms with Crippen molar-refractivity contribution < 1.29 is 24.5 Å². The monoisotopic (exact) mass is 368 g/mol. The lowest BCUT2D eigenvalue weighted by Gasteiger charge is -2.14. The quantitative estimate of drug-likeness (QED) is 0.335. The molecule has 0 aliphatic carbocycles. The number of esters is 1. The molecule has 0 radical (unpaired) electrons. The molecule has 0 bridgehead atoms. The minimum Gasteiger partial charge on any atom is -0.469 e. The SMILES string of the molecule is CCCCCC(=O)c1sccc1/C=C/C(O)C(O)CCCC(=O)OC. The van der Waals surface area contributed by atoms with Crippen molar-refractivity contribution in [2.45, 2.75) is 64.1 Å². The van der Waals surface area contributed by atoms with Gasteiger partial charge in [0.05, 0.1) is 24.2 Å². The maximum Gasteiger partial charge on any atom is 0.305 e. The molecule has 2 N–H and O–H groups in total. The highest BCUT2D eigenvalue weighted by Crippen LogP contribution is 2.22. The van der Waals surface area contributed by atoms with Crippen LogP contribution in [0.2, 0.25) is 0 Å². The minimum atomic E-state index is -1.04. The van der Waals surface area contributed by atoms with Crippen LogP contribution in [0.15, 0.2) is 17.5 Å². The van der Waals surface area contributed by atoms with E-state index in [1.807, 2.05) is 11.4 Å². The van der Waals surface area contributed by atoms with Gasteiger partial charge in [0.1, 0.15) is 0 Å². The van der Waals surface area contributed by atoms with Crippen LogP contribution in [0.25, 0.3) is 6.08 Å². The number of unbranched alkanes of at least 4 members (excludes halogenated alkanes) is 2. The van der Waals surface area contributed by atoms with Crippen LogP contribution in [0.3, 0.4) is 0 Å². The van der Waals surface area contributed by atoms with Gasteiger partial charge in [-0.15, -0.1) is 11.3 Å². The molecule has 0 saturated heterocycles. The Labute approximate surface area is 153 Å². The van der Waals surface area contributed by atoms with Gasteiger partial charge in [0.15, 0.2) is 5.78 Å². The third-order valence-corrected chi connectivity index (χ3v) is 4.90. The fourth-order valence-electron chi connectivity index (χ4n) is 2.39. The summed E-state index contributed by atoms with van der Waals surface area (Å²) in [6.07, 6.45) is 5.67. The molecule has 6 heteroatoms. The molecule has 140 valence electrons. The van der Waals surface area contributed by atoms with Gasteiger partial charge in [0.2, 0.25) is 0 Å². The van der Waals surface area contributed by atoms with E-state index in [0.29, 0.717) is 24.1 Å². The molecule has 1 rings (SSSR count). The van der Waals surface area contributed by atoms with E-state index in [4.69, 9.17) is 0 Å². The number of thiophene rings is 1. The maximum absolute atomic E-state index is 12.2. The number of rotatable bonds is 12. The zero-order valence-electron chi connectivity index (χ0n) is 14.9. The fourth-order valence-corrected chi connectivity index (χ4v) is 3.24. The first-order chi connectivity index (χ1) is 12.0. The molecule has 5 nitrogen and oxygen atoms in total. The van der Waals surface area contributed by atoms with Crippen molar-refractivity contribution in [3.63, 3.8) is 0 Å². The largest absolute Gasteiger partial charge is 0.469 e. The highest BCUT2D eigenvalue weighted by atomic mass is 32.1. The van der Waals surface area contributed by atoms with Gasteiger partial charge in [-0.1, -0.05) is 31.9 Å². The minimum absolute atomic E-state index is 0.121. The second-order valence-electron chi connectivity index (χ2n) is 5.97. The molecule has 2 unspecified atom stereocenters. The highest BCUT2D eigenvalue weighted by Gasteiger charge is 2.15. The molecule has 0 spiro atoms. The molecule has 1 heterocycles. The molecule has 0 saturated carbocycles. The van der Waals surface area contributed by atoms with Crippen LogP contribution in [0.4, 0.5) is 0 Å². The average Bonchev–Trinajstić information content (AvgIpc) is 3.08. The molecule has 0 aliphatic rings. The first-order valence-electron chi connectivity index (χ1n) is 8.71. The summed E-state index contributed by atoms with van der Waals surface area (Å²) in [5.74, 6) is -0.210. The van der Waals surface area contributed by atoms with Crippen molar-refractivity contribution in [3.8, 4) is 0 Å². The van der Waals surface area contributed by atoms with E-state index in [1.165, 1.54) is 24.5 Å². The molecule has 0 aromatic carbocycles. The van der Waals surface area contributed by atoms with Crippen LogP contribution in [-0.4, -0.2) is 41.3 Å². The van der Waals surface area contributed by atoms with Crippen LogP contribution >= 0.6 is 11.3 Å². The number of hydrogen-bond donors (Lipinski definition) is 2. The molecule has 25 heavy (non-hydrogen) atoms. The molecule has 2 atom stereocenters. The summed E-state index contributed by atoms with van der Waals surface area (Å²) in [6, 6.07) is 1.84. The summed E-state index contributed by atoms with van der Waals surface area (Å²) in [7, 11) is 1.32. The van der Waals surface area contributed by atoms with E-state index in [-0.39, 0.29) is 18.2 Å². The predicted molar refractivity (Wildman–Crippen MR) is 99.7 cm³/mol. The number of ketones is 1. The third-order valence-electron chi connectivity index (χ3n) is 3.93. The Morgan fingerprint density at radius 1 is 1.24 bits per heavy atom. The second-order valence-corrected chi connectivity index (χ2v) is 6.89. The lowest BCUT2D eigenvalue weighted by molar-refractivity contribution is -0.140. The van der Waals surface area contributed by atoms with Gasteiger partial charge in [-0.3, -0.25) is 9.59 Å². The Morgan fingerprint density at radius 3 is 2.68 bits per heavy atom. The summed E-state index contributed by atoms with van der Waals surface area (Å²) in [4.78, 5) is 24.0. The van der Waals surface area contributed by atoms with E-state index < -0.39 is 12.2 Å². The Morgan fingerprint density at radius 2 is 2.00 bits per heavy atom. The summed E-state index contributed by atoms with van der Waals surface area (Å²) in [5, 5.41) is 21.8. The van der Waals surface area contributed by atoms with E-state index in [2.05, 4.69) is 11.7 Å². The number of hydrogen-bond acceptors (Lipinski definition) is 6. The number of aliphatic hydroxyl groups is 2. The van der Waals surface area contributed by atoms with E-state index in [9.17, 15) is 19.8 Å². The maximum atomic E-state index is 12.2. The zero-order valence-corrected chi connectivity index (χ0v) is 15.8. The number of methoxy groups -OCH3 is 1. The van der Waals surface area contributed by atoms with Crippen LogP contribution < -0.4 is 0 Å². The highest BCUT2D eigenvalue weighted by molar-refractivity contribution is 7.12. The summed E-state index contributed by atoms with van der Waals surface area (Å²) in [6.45, 7) is 2.10. The Balaban J connectivity index is 2.53. The van der Waals surface area contributed by atoms with Crippen LogP contribution in [0.1, 0.15) is 67.1 Å². The van der Waals surface area contributed by atoms with Crippen LogP contribution in [-0.2, 0) is 9.53 Å². The molecule has 0 amide bonds. The van der Waals surface area contributed by atoms with Crippen molar-refractivity contribution in [3.05, 3.63) is 28.0 Å². The van der Waals surface area contributed by atoms with Crippen molar-refractivity contribution >= 4 is 29.2 Å². The third kappa shape index (κ3) is 7.94. The van der Waals surface area contributed by atoms with Gasteiger partial charge in [-0.05, 0) is 36.3 Å². The van der Waals surface area contributed by atoms with Crippen molar-refractivity contribution in [2.75, 3.05) is 7.11 Å². The van der Waals surface area contributed by atoms with Crippen molar-refractivity contribution in [2.24, 2.45) is 0 Å². The van der Waals surface area contributed by atoms with Crippen molar-refractivity contribution in [1.82, 2.24) is 0 Å². The lowest BCUT2D eigenvalue weighted by atomic mass is 10.0. The number of aliphatic hydroxyl groups excluding tert-OH is 2. The normalized spacial score (nSPS) is 13.8. The Hall–Kier alpha value is -1.50. The molecular formula is C19H28O5S. The molecule has 1 aromatic heterocycles. The first-order valence-corrected chi connectivity index (χ1v) is 9.59. The van der Waals surface area contributed by atoms with E-state index in [0.717, 1.165) is 24.8 Å². The average molecular weight is 368 g/mol. The van der Waals surface area contributed by atoms with Gasteiger partial charge in [0.25, 0.3) is 0 Å². The molecule has 0 aliphatic heterocycles. The number of carbonyl (C=O) groups is 2. The predicted octanol–water partition coefficient (Wildman–Crippen LogP) is 3.59. The zero-order chi connectivity index (χ0) is 18.7. The van der Waals surface area contributed by atoms with Crippen LogP contribution in [0.5, 0.6) is 0 Å².